The van der Waals surface area contributed by atoms with Crippen LogP contribution >= 0.6 is 11.3 Å². The summed E-state index contributed by atoms with van der Waals surface area (Å²) in [5, 5.41) is 13.0. The summed E-state index contributed by atoms with van der Waals surface area (Å²) in [7, 11) is 0. The number of carbonyl (C=O) groups excluding carboxylic acids is 3. The van der Waals surface area contributed by atoms with Crippen molar-refractivity contribution in [2.24, 2.45) is 0 Å². The number of rotatable bonds is 1. The highest BCUT2D eigenvalue weighted by atomic mass is 32.1. The first-order valence-electron chi connectivity index (χ1n) is 6.27. The molecule has 1 atom stereocenters. The molecule has 0 saturated carbocycles. The minimum absolute atomic E-state index is 0.221. The second kappa shape index (κ2) is 4.72. The third-order valence-electron chi connectivity index (χ3n) is 3.62. The smallest absolute Gasteiger partial charge is 0.265 e. The van der Waals surface area contributed by atoms with Gasteiger partial charge in [-0.25, -0.2) is 0 Å². The molecule has 3 heterocycles. The predicted molar refractivity (Wildman–Crippen MR) is 69.7 cm³/mol. The Labute approximate surface area is 119 Å². The van der Waals surface area contributed by atoms with Crippen molar-refractivity contribution >= 4 is 29.1 Å². The molecule has 1 aromatic heterocycles. The molecular formula is C13H11N3O3S. The van der Waals surface area contributed by atoms with E-state index in [9.17, 15) is 14.4 Å². The molecule has 3 amide bonds. The van der Waals surface area contributed by atoms with Crippen LogP contribution in [-0.2, 0) is 16.1 Å². The Morgan fingerprint density at radius 1 is 1.40 bits per heavy atom. The van der Waals surface area contributed by atoms with E-state index in [4.69, 9.17) is 5.26 Å². The fourth-order valence-electron chi connectivity index (χ4n) is 2.60. The van der Waals surface area contributed by atoms with E-state index in [0.717, 1.165) is 0 Å². The number of nitrogens with zero attached hydrogens (tertiary/aromatic N) is 2. The Balaban J connectivity index is 1.88. The van der Waals surface area contributed by atoms with Gasteiger partial charge in [-0.3, -0.25) is 19.7 Å². The number of fused-ring (bicyclic) bond motifs is 1. The van der Waals surface area contributed by atoms with E-state index >= 15 is 0 Å². The monoisotopic (exact) mass is 289 g/mol. The molecule has 0 aliphatic carbocycles. The summed E-state index contributed by atoms with van der Waals surface area (Å²) in [6.07, 6.45) is 1.35. The van der Waals surface area contributed by atoms with E-state index in [-0.39, 0.29) is 18.4 Å². The molecule has 0 bridgehead atoms. The summed E-state index contributed by atoms with van der Waals surface area (Å²) < 4.78 is 0. The van der Waals surface area contributed by atoms with Crippen LogP contribution in [-0.4, -0.2) is 28.7 Å². The molecule has 1 saturated heterocycles. The fourth-order valence-corrected chi connectivity index (χ4v) is 3.57. The Bertz CT molecular complexity index is 658. The van der Waals surface area contributed by atoms with Crippen LogP contribution in [0.1, 0.15) is 40.1 Å². The molecule has 3 rings (SSSR count). The van der Waals surface area contributed by atoms with Gasteiger partial charge in [-0.05, 0) is 12.8 Å². The topological polar surface area (TPSA) is 90.3 Å². The van der Waals surface area contributed by atoms with E-state index in [1.54, 1.807) is 5.38 Å². The first kappa shape index (κ1) is 12.8. The lowest BCUT2D eigenvalue weighted by Gasteiger charge is -2.24. The second-order valence-corrected chi connectivity index (χ2v) is 5.70. The third kappa shape index (κ3) is 1.89. The second-order valence-electron chi connectivity index (χ2n) is 4.82. The highest BCUT2D eigenvalue weighted by molar-refractivity contribution is 7.12. The highest BCUT2D eigenvalue weighted by Gasteiger charge is 2.39. The summed E-state index contributed by atoms with van der Waals surface area (Å²) in [5.74, 6) is -0.938. The van der Waals surface area contributed by atoms with E-state index in [0.29, 0.717) is 35.3 Å². The average molecular weight is 289 g/mol. The summed E-state index contributed by atoms with van der Waals surface area (Å²) in [6, 6.07) is 1.43. The van der Waals surface area contributed by atoms with Crippen molar-refractivity contribution in [3.63, 3.8) is 0 Å². The van der Waals surface area contributed by atoms with Crippen molar-refractivity contribution in [1.29, 1.82) is 5.26 Å². The van der Waals surface area contributed by atoms with Crippen molar-refractivity contribution in [2.45, 2.75) is 31.8 Å². The van der Waals surface area contributed by atoms with Crippen molar-refractivity contribution in [1.82, 2.24) is 10.2 Å². The van der Waals surface area contributed by atoms with Crippen molar-refractivity contribution in [3.8, 4) is 6.07 Å². The molecule has 7 heteroatoms. The van der Waals surface area contributed by atoms with Gasteiger partial charge in [0.2, 0.25) is 11.8 Å². The Morgan fingerprint density at radius 2 is 2.20 bits per heavy atom. The minimum atomic E-state index is -0.625. The molecule has 0 spiro atoms. The molecule has 2 aliphatic heterocycles. The molecule has 1 fully saturated rings. The quantitative estimate of drug-likeness (QED) is 0.773. The minimum Gasteiger partial charge on any atom is -0.321 e. The zero-order valence-electron chi connectivity index (χ0n) is 10.5. The highest BCUT2D eigenvalue weighted by Crippen LogP contribution is 2.33. The predicted octanol–water partition coefficient (Wildman–Crippen LogP) is 0.771. The van der Waals surface area contributed by atoms with Gasteiger partial charge < -0.3 is 4.90 Å². The Morgan fingerprint density at radius 3 is 2.95 bits per heavy atom. The maximum atomic E-state index is 12.3. The molecule has 0 unspecified atom stereocenters. The summed E-state index contributed by atoms with van der Waals surface area (Å²) in [4.78, 5) is 37.7. The molecule has 102 valence electrons. The van der Waals surface area contributed by atoms with Crippen molar-refractivity contribution in [3.05, 3.63) is 21.4 Å². The van der Waals surface area contributed by atoms with E-state index in [1.165, 1.54) is 16.2 Å². The molecule has 1 N–H and O–H groups in total. The summed E-state index contributed by atoms with van der Waals surface area (Å²) in [6.45, 7) is 0.271. The van der Waals surface area contributed by atoms with Crippen LogP contribution in [0.15, 0.2) is 5.38 Å². The van der Waals surface area contributed by atoms with Gasteiger partial charge in [0, 0.05) is 23.9 Å². The van der Waals surface area contributed by atoms with Crippen LogP contribution in [0.5, 0.6) is 0 Å². The van der Waals surface area contributed by atoms with E-state index < -0.39 is 11.9 Å². The number of carbonyl (C=O) groups is 3. The first-order valence-corrected chi connectivity index (χ1v) is 7.15. The Kier molecular flexibility index (Phi) is 3.03. The van der Waals surface area contributed by atoms with Gasteiger partial charge in [-0.1, -0.05) is 0 Å². The number of imide groups is 1. The molecule has 20 heavy (non-hydrogen) atoms. The van der Waals surface area contributed by atoms with Gasteiger partial charge in [-0.2, -0.15) is 5.26 Å². The van der Waals surface area contributed by atoms with Gasteiger partial charge in [0.1, 0.15) is 12.1 Å². The van der Waals surface area contributed by atoms with Crippen molar-refractivity contribution in [2.75, 3.05) is 0 Å². The SMILES string of the molecule is N#Cc1csc2c1CN([C@H]1CCCC(=O)NC1=O)C2=O. The third-order valence-corrected chi connectivity index (χ3v) is 4.63. The van der Waals surface area contributed by atoms with Crippen LogP contribution in [0, 0.1) is 11.3 Å². The fraction of sp³-hybridized carbons (Fsp3) is 0.385. The van der Waals surface area contributed by atoms with Crippen LogP contribution < -0.4 is 5.32 Å². The van der Waals surface area contributed by atoms with Crippen molar-refractivity contribution < 1.29 is 14.4 Å². The molecule has 0 aromatic carbocycles. The van der Waals surface area contributed by atoms with Crippen LogP contribution in [0.4, 0.5) is 0 Å². The maximum absolute atomic E-state index is 12.3. The van der Waals surface area contributed by atoms with Crippen LogP contribution in [0.2, 0.25) is 0 Å². The average Bonchev–Trinajstić information content (AvgIpc) is 2.90. The first-order chi connectivity index (χ1) is 9.61. The van der Waals surface area contributed by atoms with Gasteiger partial charge in [0.25, 0.3) is 5.91 Å². The lowest BCUT2D eigenvalue weighted by molar-refractivity contribution is -0.132. The lowest BCUT2D eigenvalue weighted by atomic mass is 10.1. The van der Waals surface area contributed by atoms with Gasteiger partial charge in [0.05, 0.1) is 10.4 Å². The number of hydrogen-bond donors (Lipinski definition) is 1. The largest absolute Gasteiger partial charge is 0.321 e. The number of nitriles is 1. The van der Waals surface area contributed by atoms with E-state index in [1.807, 2.05) is 0 Å². The molecule has 0 radical (unpaired) electrons. The lowest BCUT2D eigenvalue weighted by Crippen LogP contribution is -2.46. The summed E-state index contributed by atoms with van der Waals surface area (Å²) >= 11 is 1.23. The zero-order chi connectivity index (χ0) is 14.3. The molecule has 1 aromatic rings. The van der Waals surface area contributed by atoms with Crippen LogP contribution in [0.3, 0.4) is 0 Å². The number of thiophene rings is 1. The van der Waals surface area contributed by atoms with Gasteiger partial charge in [0.15, 0.2) is 0 Å². The number of amides is 3. The maximum Gasteiger partial charge on any atom is 0.265 e. The molecule has 6 nitrogen and oxygen atoms in total. The van der Waals surface area contributed by atoms with E-state index in [2.05, 4.69) is 11.4 Å². The van der Waals surface area contributed by atoms with Gasteiger partial charge >= 0.3 is 0 Å². The zero-order valence-corrected chi connectivity index (χ0v) is 11.3. The standard InChI is InChI=1S/C13H11N3O3S/c14-4-7-6-20-11-8(7)5-16(13(11)19)9-2-1-3-10(17)15-12(9)18/h6,9H,1-3,5H2,(H,15,17,18)/t9-/m0/s1. The molecule has 2 aliphatic rings. The Hall–Kier alpha value is -2.20. The molecular weight excluding hydrogens is 278 g/mol. The number of hydrogen-bond acceptors (Lipinski definition) is 5. The van der Waals surface area contributed by atoms with Gasteiger partial charge in [-0.15, -0.1) is 11.3 Å². The van der Waals surface area contributed by atoms with Crippen LogP contribution in [0.25, 0.3) is 0 Å². The number of nitrogens with one attached hydrogen (secondary N) is 1. The summed E-state index contributed by atoms with van der Waals surface area (Å²) in [5.41, 5.74) is 1.19. The normalized spacial score (nSPS) is 22.2.